The number of hydrogen-bond acceptors (Lipinski definition) is 5. The van der Waals surface area contributed by atoms with E-state index in [1.54, 1.807) is 6.20 Å². The second-order valence-corrected chi connectivity index (χ2v) is 3.73. The van der Waals surface area contributed by atoms with Gasteiger partial charge in [0.2, 0.25) is 11.7 Å². The van der Waals surface area contributed by atoms with Gasteiger partial charge >= 0.3 is 0 Å². The summed E-state index contributed by atoms with van der Waals surface area (Å²) in [5.41, 5.74) is 1.95. The van der Waals surface area contributed by atoms with E-state index in [0.717, 1.165) is 30.6 Å². The highest BCUT2D eigenvalue weighted by Crippen LogP contribution is 2.18. The Morgan fingerprint density at radius 2 is 2.29 bits per heavy atom. The van der Waals surface area contributed by atoms with E-state index in [9.17, 15) is 0 Å². The Morgan fingerprint density at radius 3 is 3.06 bits per heavy atom. The van der Waals surface area contributed by atoms with Gasteiger partial charge in [0.1, 0.15) is 5.69 Å². The lowest BCUT2D eigenvalue weighted by atomic mass is 10.1. The molecule has 2 aromatic rings. The molecule has 0 radical (unpaired) electrons. The first kappa shape index (κ1) is 11.7. The number of hydrogen-bond donors (Lipinski definition) is 1. The highest BCUT2D eigenvalue weighted by atomic mass is 16.5. The van der Waals surface area contributed by atoms with Crippen molar-refractivity contribution >= 4 is 0 Å². The van der Waals surface area contributed by atoms with Gasteiger partial charge in [-0.25, -0.2) is 0 Å². The predicted molar refractivity (Wildman–Crippen MR) is 64.5 cm³/mol. The van der Waals surface area contributed by atoms with Gasteiger partial charge in [0.05, 0.1) is 0 Å². The lowest BCUT2D eigenvalue weighted by Gasteiger charge is -2.00. The molecule has 0 amide bonds. The van der Waals surface area contributed by atoms with Crippen molar-refractivity contribution in [1.29, 1.82) is 0 Å². The Bertz CT molecular complexity index is 481. The third kappa shape index (κ3) is 2.68. The second kappa shape index (κ2) is 5.54. The molecule has 0 unspecified atom stereocenters. The summed E-state index contributed by atoms with van der Waals surface area (Å²) in [6.45, 7) is 2.91. The molecule has 0 bridgehead atoms. The Labute approximate surface area is 100 Å². The molecular weight excluding hydrogens is 216 g/mol. The quantitative estimate of drug-likeness (QED) is 0.845. The summed E-state index contributed by atoms with van der Waals surface area (Å²) in [6, 6.07) is 3.95. The first-order valence-electron chi connectivity index (χ1n) is 5.76. The maximum Gasteiger partial charge on any atom is 0.228 e. The van der Waals surface area contributed by atoms with E-state index in [1.165, 1.54) is 0 Å². The van der Waals surface area contributed by atoms with E-state index < -0.39 is 0 Å². The Kier molecular flexibility index (Phi) is 3.82. The van der Waals surface area contributed by atoms with Crippen LogP contribution in [0, 0.1) is 0 Å². The smallest absolute Gasteiger partial charge is 0.228 e. The fourth-order valence-electron chi connectivity index (χ4n) is 1.61. The maximum atomic E-state index is 5.18. The van der Waals surface area contributed by atoms with Crippen molar-refractivity contribution in [3.63, 3.8) is 0 Å². The summed E-state index contributed by atoms with van der Waals surface area (Å²) in [4.78, 5) is 8.66. The largest absolute Gasteiger partial charge is 0.339 e. The van der Waals surface area contributed by atoms with Gasteiger partial charge in [-0.1, -0.05) is 18.1 Å². The van der Waals surface area contributed by atoms with Crippen molar-refractivity contribution in [3.05, 3.63) is 29.8 Å². The fraction of sp³-hybridized carbons (Fsp3) is 0.417. The third-order valence-electron chi connectivity index (χ3n) is 2.54. The summed E-state index contributed by atoms with van der Waals surface area (Å²) >= 11 is 0. The molecule has 0 aliphatic carbocycles. The van der Waals surface area contributed by atoms with Gasteiger partial charge in [0, 0.05) is 19.2 Å². The molecule has 90 valence electrons. The van der Waals surface area contributed by atoms with Gasteiger partial charge in [-0.05, 0) is 25.1 Å². The molecule has 0 saturated carbocycles. The van der Waals surface area contributed by atoms with Crippen LogP contribution < -0.4 is 5.32 Å². The Hall–Kier alpha value is -1.75. The molecule has 0 saturated heterocycles. The fourth-order valence-corrected chi connectivity index (χ4v) is 1.61. The number of aryl methyl sites for hydroxylation is 1. The molecule has 5 nitrogen and oxygen atoms in total. The summed E-state index contributed by atoms with van der Waals surface area (Å²) in [5, 5.41) is 7.02. The molecule has 17 heavy (non-hydrogen) atoms. The van der Waals surface area contributed by atoms with Gasteiger partial charge < -0.3 is 9.84 Å². The van der Waals surface area contributed by atoms with Crippen LogP contribution in [-0.4, -0.2) is 28.7 Å². The van der Waals surface area contributed by atoms with Crippen LogP contribution in [0.25, 0.3) is 11.5 Å². The van der Waals surface area contributed by atoms with Crippen molar-refractivity contribution in [2.24, 2.45) is 0 Å². The van der Waals surface area contributed by atoms with Crippen LogP contribution in [0.4, 0.5) is 0 Å². The van der Waals surface area contributed by atoms with Crippen LogP contribution in [0.5, 0.6) is 0 Å². The van der Waals surface area contributed by atoms with Crippen LogP contribution in [0.1, 0.15) is 18.4 Å². The molecule has 2 heterocycles. The summed E-state index contributed by atoms with van der Waals surface area (Å²) < 4.78 is 5.18. The van der Waals surface area contributed by atoms with E-state index in [0.29, 0.717) is 11.7 Å². The molecule has 2 aromatic heterocycles. The summed E-state index contributed by atoms with van der Waals surface area (Å²) in [6.07, 6.45) is 3.39. The van der Waals surface area contributed by atoms with Crippen LogP contribution in [0.2, 0.25) is 0 Å². The number of aromatic nitrogens is 3. The van der Waals surface area contributed by atoms with E-state index in [1.807, 2.05) is 19.2 Å². The Balaban J connectivity index is 2.24. The molecular formula is C12H16N4O. The zero-order valence-electron chi connectivity index (χ0n) is 10.1. The van der Waals surface area contributed by atoms with Crippen LogP contribution in [-0.2, 0) is 12.8 Å². The highest BCUT2D eigenvalue weighted by molar-refractivity contribution is 5.53. The minimum absolute atomic E-state index is 0.577. The van der Waals surface area contributed by atoms with Crippen LogP contribution in [0.3, 0.4) is 0 Å². The van der Waals surface area contributed by atoms with Gasteiger partial charge in [-0.2, -0.15) is 4.98 Å². The topological polar surface area (TPSA) is 63.8 Å². The van der Waals surface area contributed by atoms with E-state index in [2.05, 4.69) is 27.4 Å². The van der Waals surface area contributed by atoms with Gasteiger partial charge in [0.25, 0.3) is 0 Å². The van der Waals surface area contributed by atoms with Crippen molar-refractivity contribution in [2.45, 2.75) is 19.8 Å². The first-order valence-corrected chi connectivity index (χ1v) is 5.76. The van der Waals surface area contributed by atoms with Crippen molar-refractivity contribution in [1.82, 2.24) is 20.4 Å². The molecule has 2 rings (SSSR count). The molecule has 0 atom stereocenters. The number of nitrogens with one attached hydrogen (secondary N) is 1. The number of likely N-dealkylation sites (N-methyl/N-ethyl adjacent to an activating group) is 1. The van der Waals surface area contributed by atoms with Gasteiger partial charge in [-0.15, -0.1) is 0 Å². The molecule has 0 fully saturated rings. The zero-order chi connectivity index (χ0) is 12.1. The van der Waals surface area contributed by atoms with Gasteiger partial charge in [0.15, 0.2) is 0 Å². The highest BCUT2D eigenvalue weighted by Gasteiger charge is 2.12. The molecule has 0 aliphatic rings. The SMILES string of the molecule is CCc1cccnc1-c1noc(CCNC)n1. The first-order chi connectivity index (χ1) is 8.35. The van der Waals surface area contributed by atoms with E-state index in [4.69, 9.17) is 4.52 Å². The molecule has 0 aliphatic heterocycles. The normalized spacial score (nSPS) is 10.7. The molecule has 5 heteroatoms. The Morgan fingerprint density at radius 1 is 1.41 bits per heavy atom. The lowest BCUT2D eigenvalue weighted by molar-refractivity contribution is 0.377. The minimum Gasteiger partial charge on any atom is -0.339 e. The zero-order valence-corrected chi connectivity index (χ0v) is 10.1. The molecule has 0 aromatic carbocycles. The van der Waals surface area contributed by atoms with E-state index in [-0.39, 0.29) is 0 Å². The average Bonchev–Trinajstić information content (AvgIpc) is 2.85. The number of rotatable bonds is 5. The van der Waals surface area contributed by atoms with Crippen LogP contribution >= 0.6 is 0 Å². The molecule has 0 spiro atoms. The number of nitrogens with zero attached hydrogens (tertiary/aromatic N) is 3. The van der Waals surface area contributed by atoms with Crippen molar-refractivity contribution < 1.29 is 4.52 Å². The van der Waals surface area contributed by atoms with Crippen LogP contribution in [0.15, 0.2) is 22.9 Å². The molecule has 1 N–H and O–H groups in total. The second-order valence-electron chi connectivity index (χ2n) is 3.73. The third-order valence-corrected chi connectivity index (χ3v) is 2.54. The summed E-state index contributed by atoms with van der Waals surface area (Å²) in [5.74, 6) is 1.22. The average molecular weight is 232 g/mol. The monoisotopic (exact) mass is 232 g/mol. The van der Waals surface area contributed by atoms with E-state index >= 15 is 0 Å². The minimum atomic E-state index is 0.577. The standard InChI is InChI=1S/C12H16N4O/c1-3-9-5-4-7-14-11(9)12-15-10(17-16-12)6-8-13-2/h4-5,7,13H,3,6,8H2,1-2H3. The summed E-state index contributed by atoms with van der Waals surface area (Å²) in [7, 11) is 1.89. The lowest BCUT2D eigenvalue weighted by Crippen LogP contribution is -2.10. The van der Waals surface area contributed by atoms with Gasteiger partial charge in [-0.3, -0.25) is 4.98 Å². The number of pyridine rings is 1. The maximum absolute atomic E-state index is 5.18. The van der Waals surface area contributed by atoms with Crippen molar-refractivity contribution in [2.75, 3.05) is 13.6 Å². The predicted octanol–water partition coefficient (Wildman–Crippen LogP) is 1.46. The van der Waals surface area contributed by atoms with Crippen molar-refractivity contribution in [3.8, 4) is 11.5 Å².